The molecule has 2 N–H and O–H groups in total. The number of fused-ring (bicyclic) bond motifs is 1. The van der Waals surface area contributed by atoms with E-state index in [0.717, 1.165) is 17.7 Å². The average Bonchev–Trinajstić information content (AvgIpc) is 2.30. The number of benzene rings is 1. The van der Waals surface area contributed by atoms with Gasteiger partial charge in [0.1, 0.15) is 0 Å². The van der Waals surface area contributed by atoms with Crippen LogP contribution in [0.3, 0.4) is 0 Å². The first kappa shape index (κ1) is 11.3. The Morgan fingerprint density at radius 2 is 2.00 bits per heavy atom. The van der Waals surface area contributed by atoms with Gasteiger partial charge in [0.15, 0.2) is 0 Å². The van der Waals surface area contributed by atoms with Crippen molar-refractivity contribution in [2.45, 2.75) is 25.3 Å². The van der Waals surface area contributed by atoms with Gasteiger partial charge < -0.3 is 10.2 Å². The van der Waals surface area contributed by atoms with Crippen LogP contribution < -0.4 is 0 Å². The fourth-order valence-electron chi connectivity index (χ4n) is 2.19. The maximum atomic E-state index is 9.03. The molecule has 0 saturated heterocycles. The first-order valence-electron chi connectivity index (χ1n) is 5.72. The molecule has 1 heterocycles. The Labute approximate surface area is 95.5 Å². The summed E-state index contributed by atoms with van der Waals surface area (Å²) >= 11 is 0. The molecule has 0 amide bonds. The minimum atomic E-state index is 0.124. The molecule has 16 heavy (non-hydrogen) atoms. The minimum absolute atomic E-state index is 0.124. The smallest absolute Gasteiger partial charge is 0.0565 e. The van der Waals surface area contributed by atoms with E-state index in [0.29, 0.717) is 12.8 Å². The first-order chi connectivity index (χ1) is 7.85. The van der Waals surface area contributed by atoms with Gasteiger partial charge in [0.2, 0.25) is 0 Å². The van der Waals surface area contributed by atoms with Crippen LogP contribution in [0.1, 0.15) is 24.0 Å². The van der Waals surface area contributed by atoms with Crippen molar-refractivity contribution in [3.8, 4) is 0 Å². The molecule has 1 aliphatic heterocycles. The Morgan fingerprint density at radius 3 is 2.75 bits per heavy atom. The molecule has 2 rings (SSSR count). The number of aliphatic hydroxyl groups is 2. The number of nitrogens with zero attached hydrogens (tertiary/aromatic N) is 1. The second-order valence-electron chi connectivity index (χ2n) is 4.08. The van der Waals surface area contributed by atoms with E-state index in [1.807, 2.05) is 12.1 Å². The normalized spacial score (nSPS) is 19.1. The molecule has 1 atom stereocenters. The molecular formula is C13H17NO2. The predicted octanol–water partition coefficient (Wildman–Crippen LogP) is 1.17. The van der Waals surface area contributed by atoms with Crippen LogP contribution in [0.5, 0.6) is 0 Å². The summed E-state index contributed by atoms with van der Waals surface area (Å²) in [6.07, 6.45) is 2.19. The highest BCUT2D eigenvalue weighted by Gasteiger charge is 2.19. The first-order valence-corrected chi connectivity index (χ1v) is 5.72. The molecule has 0 radical (unpaired) electrons. The number of hydrogen-bond donors (Lipinski definition) is 2. The second-order valence-corrected chi connectivity index (χ2v) is 4.08. The van der Waals surface area contributed by atoms with Gasteiger partial charge >= 0.3 is 0 Å². The van der Waals surface area contributed by atoms with Gasteiger partial charge in [-0.15, -0.1) is 0 Å². The van der Waals surface area contributed by atoms with Gasteiger partial charge in [-0.2, -0.15) is 0 Å². The topological polar surface area (TPSA) is 52.8 Å². The van der Waals surface area contributed by atoms with E-state index >= 15 is 0 Å². The van der Waals surface area contributed by atoms with E-state index < -0.39 is 0 Å². The van der Waals surface area contributed by atoms with E-state index in [4.69, 9.17) is 10.2 Å². The molecular weight excluding hydrogens is 202 g/mol. The van der Waals surface area contributed by atoms with Gasteiger partial charge in [0.05, 0.1) is 6.04 Å². The van der Waals surface area contributed by atoms with Crippen LogP contribution >= 0.6 is 0 Å². The molecule has 3 nitrogen and oxygen atoms in total. The molecule has 1 unspecified atom stereocenters. The Kier molecular flexibility index (Phi) is 3.70. The van der Waals surface area contributed by atoms with Crippen LogP contribution in [0.2, 0.25) is 0 Å². The summed E-state index contributed by atoms with van der Waals surface area (Å²) in [5, 5.41) is 18.0. The Bertz CT molecular complexity index is 387. The third kappa shape index (κ3) is 2.31. The maximum Gasteiger partial charge on any atom is 0.0565 e. The molecule has 0 aliphatic carbocycles. The van der Waals surface area contributed by atoms with Crippen LogP contribution in [0, 0.1) is 0 Å². The van der Waals surface area contributed by atoms with Crippen LogP contribution in [0.4, 0.5) is 0 Å². The number of aliphatic hydroxyl groups excluding tert-OH is 2. The lowest BCUT2D eigenvalue weighted by atomic mass is 9.91. The van der Waals surface area contributed by atoms with E-state index in [1.54, 1.807) is 0 Å². The summed E-state index contributed by atoms with van der Waals surface area (Å²) in [7, 11) is 0. The molecule has 86 valence electrons. The quantitative estimate of drug-likeness (QED) is 0.798. The van der Waals surface area contributed by atoms with Crippen molar-refractivity contribution in [3.63, 3.8) is 0 Å². The van der Waals surface area contributed by atoms with E-state index in [2.05, 4.69) is 17.1 Å². The monoisotopic (exact) mass is 219 g/mol. The Hall–Kier alpha value is -1.19. The molecule has 0 spiro atoms. The average molecular weight is 219 g/mol. The summed E-state index contributed by atoms with van der Waals surface area (Å²) in [6.45, 7) is 0.293. The largest absolute Gasteiger partial charge is 0.396 e. The number of aliphatic imine (C=N–C) groups is 1. The molecule has 0 aromatic heterocycles. The zero-order valence-electron chi connectivity index (χ0n) is 9.26. The van der Waals surface area contributed by atoms with Crippen molar-refractivity contribution in [1.29, 1.82) is 0 Å². The lowest BCUT2D eigenvalue weighted by molar-refractivity contribution is 0.275. The van der Waals surface area contributed by atoms with Crippen LogP contribution in [0.15, 0.2) is 29.3 Å². The molecule has 1 aliphatic rings. The zero-order valence-corrected chi connectivity index (χ0v) is 9.26. The zero-order chi connectivity index (χ0) is 11.4. The second kappa shape index (κ2) is 5.23. The van der Waals surface area contributed by atoms with Crippen LogP contribution in [0.25, 0.3) is 0 Å². The van der Waals surface area contributed by atoms with Gasteiger partial charge in [-0.3, -0.25) is 4.99 Å². The van der Waals surface area contributed by atoms with Crippen molar-refractivity contribution in [2.75, 3.05) is 13.2 Å². The summed E-state index contributed by atoms with van der Waals surface area (Å²) in [6, 6.07) is 8.35. The van der Waals surface area contributed by atoms with E-state index in [9.17, 15) is 0 Å². The predicted molar refractivity (Wildman–Crippen MR) is 63.9 cm³/mol. The van der Waals surface area contributed by atoms with Crippen molar-refractivity contribution in [1.82, 2.24) is 0 Å². The molecule has 3 heteroatoms. The van der Waals surface area contributed by atoms with Crippen molar-refractivity contribution in [3.05, 3.63) is 35.4 Å². The summed E-state index contributed by atoms with van der Waals surface area (Å²) < 4.78 is 0. The summed E-state index contributed by atoms with van der Waals surface area (Å²) in [5.74, 6) is 0. The molecule has 1 aromatic rings. The molecule has 0 bridgehead atoms. The lowest BCUT2D eigenvalue weighted by Crippen LogP contribution is -2.22. The van der Waals surface area contributed by atoms with E-state index in [-0.39, 0.29) is 19.3 Å². The number of rotatable bonds is 4. The van der Waals surface area contributed by atoms with Crippen molar-refractivity contribution < 1.29 is 10.2 Å². The maximum absolute atomic E-state index is 9.03. The van der Waals surface area contributed by atoms with Gasteiger partial charge in [-0.1, -0.05) is 24.3 Å². The Morgan fingerprint density at radius 1 is 1.19 bits per heavy atom. The highest BCUT2D eigenvalue weighted by Crippen LogP contribution is 2.22. The van der Waals surface area contributed by atoms with Crippen molar-refractivity contribution in [2.24, 2.45) is 4.99 Å². The third-order valence-corrected chi connectivity index (χ3v) is 2.93. The Balaban J connectivity index is 2.29. The third-order valence-electron chi connectivity index (χ3n) is 2.93. The van der Waals surface area contributed by atoms with Crippen molar-refractivity contribution >= 4 is 5.71 Å². The van der Waals surface area contributed by atoms with Gasteiger partial charge in [0.25, 0.3) is 0 Å². The fraction of sp³-hybridized carbons (Fsp3) is 0.462. The summed E-state index contributed by atoms with van der Waals surface area (Å²) in [4.78, 5) is 4.60. The highest BCUT2D eigenvalue weighted by molar-refractivity contribution is 6.02. The summed E-state index contributed by atoms with van der Waals surface area (Å²) in [5.41, 5.74) is 3.41. The van der Waals surface area contributed by atoms with Gasteiger partial charge in [0, 0.05) is 25.3 Å². The van der Waals surface area contributed by atoms with Crippen LogP contribution in [-0.2, 0) is 6.42 Å². The van der Waals surface area contributed by atoms with Gasteiger partial charge in [-0.05, 0) is 24.0 Å². The molecule has 0 fully saturated rings. The fourth-order valence-corrected chi connectivity index (χ4v) is 2.19. The SMILES string of the molecule is OCCC1=NC(CCO)Cc2ccccc21. The highest BCUT2D eigenvalue weighted by atomic mass is 16.3. The lowest BCUT2D eigenvalue weighted by Gasteiger charge is -2.22. The molecule has 1 aromatic carbocycles. The van der Waals surface area contributed by atoms with E-state index in [1.165, 1.54) is 5.56 Å². The minimum Gasteiger partial charge on any atom is -0.396 e. The number of hydrogen-bond acceptors (Lipinski definition) is 3. The van der Waals surface area contributed by atoms with Crippen LogP contribution in [-0.4, -0.2) is 35.2 Å². The standard InChI is InChI=1S/C13H17NO2/c15-7-5-11-9-10-3-1-2-4-12(10)13(14-11)6-8-16/h1-4,11,15-16H,5-9H2. The van der Waals surface area contributed by atoms with Gasteiger partial charge in [-0.25, -0.2) is 0 Å². The molecule has 0 saturated carbocycles.